The van der Waals surface area contributed by atoms with Crippen LogP contribution in [0, 0.1) is 5.92 Å². The first-order valence-electron chi connectivity index (χ1n) is 8.92. The third-order valence-corrected chi connectivity index (χ3v) is 4.98. The Morgan fingerprint density at radius 1 is 1.18 bits per heavy atom. The van der Waals surface area contributed by atoms with Gasteiger partial charge in [0.25, 0.3) is 0 Å². The largest absolute Gasteiger partial charge is 0.337 e. The molecule has 1 aliphatic heterocycles. The maximum Gasteiger partial charge on any atom is 0.249 e. The molecule has 2 fully saturated rings. The number of aromatic nitrogens is 2. The lowest BCUT2D eigenvalue weighted by Crippen LogP contribution is -2.42. The average molecular weight is 305 g/mol. The molecule has 22 heavy (non-hydrogen) atoms. The van der Waals surface area contributed by atoms with E-state index in [2.05, 4.69) is 17.1 Å². The Bertz CT molecular complexity index is 494. The first-order chi connectivity index (χ1) is 10.8. The van der Waals surface area contributed by atoms with Crippen LogP contribution in [0.1, 0.15) is 82.5 Å². The van der Waals surface area contributed by atoms with Crippen LogP contribution in [0.3, 0.4) is 0 Å². The highest BCUT2D eigenvalue weighted by Gasteiger charge is 2.35. The zero-order valence-electron chi connectivity index (χ0n) is 13.6. The van der Waals surface area contributed by atoms with Crippen molar-refractivity contribution >= 4 is 5.91 Å². The molecule has 1 aromatic heterocycles. The van der Waals surface area contributed by atoms with Crippen LogP contribution in [0.25, 0.3) is 0 Å². The van der Waals surface area contributed by atoms with Gasteiger partial charge >= 0.3 is 0 Å². The van der Waals surface area contributed by atoms with Gasteiger partial charge in [0.2, 0.25) is 11.8 Å². The lowest BCUT2D eigenvalue weighted by Gasteiger charge is -2.36. The number of piperidine rings is 1. The van der Waals surface area contributed by atoms with E-state index in [9.17, 15) is 4.79 Å². The molecule has 2 heterocycles. The fourth-order valence-electron chi connectivity index (χ4n) is 3.76. The summed E-state index contributed by atoms with van der Waals surface area (Å²) in [4.78, 5) is 19.5. The molecule has 0 bridgehead atoms. The van der Waals surface area contributed by atoms with Crippen molar-refractivity contribution in [3.63, 3.8) is 0 Å². The van der Waals surface area contributed by atoms with Gasteiger partial charge in [0.1, 0.15) is 6.04 Å². The van der Waals surface area contributed by atoms with E-state index in [1.165, 1.54) is 19.3 Å². The van der Waals surface area contributed by atoms with Crippen LogP contribution < -0.4 is 0 Å². The van der Waals surface area contributed by atoms with Gasteiger partial charge in [-0.25, -0.2) is 0 Å². The van der Waals surface area contributed by atoms with E-state index in [-0.39, 0.29) is 12.0 Å². The first kappa shape index (κ1) is 15.5. The van der Waals surface area contributed by atoms with Gasteiger partial charge in [-0.05, 0) is 38.5 Å². The summed E-state index contributed by atoms with van der Waals surface area (Å²) < 4.78 is 5.47. The summed E-state index contributed by atoms with van der Waals surface area (Å²) in [5.41, 5.74) is 0. The Labute approximate surface area is 132 Å². The van der Waals surface area contributed by atoms with Crippen molar-refractivity contribution in [1.82, 2.24) is 15.0 Å². The molecule has 1 aromatic rings. The molecular weight excluding hydrogens is 278 g/mol. The van der Waals surface area contributed by atoms with E-state index >= 15 is 0 Å². The van der Waals surface area contributed by atoms with E-state index < -0.39 is 0 Å². The lowest BCUT2D eigenvalue weighted by molar-refractivity contribution is -0.141. The molecule has 1 amide bonds. The van der Waals surface area contributed by atoms with Crippen molar-refractivity contribution in [3.8, 4) is 0 Å². The molecule has 0 aromatic carbocycles. The van der Waals surface area contributed by atoms with Crippen LogP contribution in [0.4, 0.5) is 0 Å². The Morgan fingerprint density at radius 3 is 2.73 bits per heavy atom. The minimum atomic E-state index is 0.00119. The molecule has 5 nitrogen and oxygen atoms in total. The summed E-state index contributed by atoms with van der Waals surface area (Å²) in [5, 5.41) is 4.06. The molecular formula is C17H27N3O2. The highest BCUT2D eigenvalue weighted by molar-refractivity contribution is 5.79. The number of rotatable bonds is 4. The highest BCUT2D eigenvalue weighted by Crippen LogP contribution is 2.34. The van der Waals surface area contributed by atoms with Gasteiger partial charge in [-0.1, -0.05) is 31.3 Å². The topological polar surface area (TPSA) is 59.2 Å². The molecule has 1 saturated carbocycles. The molecule has 122 valence electrons. The zero-order valence-corrected chi connectivity index (χ0v) is 13.6. The Balaban J connectivity index is 1.73. The minimum absolute atomic E-state index is 0.00119. The van der Waals surface area contributed by atoms with Gasteiger partial charge < -0.3 is 9.42 Å². The smallest absolute Gasteiger partial charge is 0.249 e. The Kier molecular flexibility index (Phi) is 5.11. The molecule has 5 heteroatoms. The number of aryl methyl sites for hydroxylation is 1. The molecule has 0 N–H and O–H groups in total. The highest BCUT2D eigenvalue weighted by atomic mass is 16.5. The summed E-state index contributed by atoms with van der Waals surface area (Å²) in [6, 6.07) is 0.00119. The SMILES string of the molecule is CCCc1noc(C2CCCCN2C(=O)C2CCCCC2)n1. The second-order valence-electron chi connectivity index (χ2n) is 6.68. The third kappa shape index (κ3) is 3.33. The van der Waals surface area contributed by atoms with Crippen molar-refractivity contribution in [3.05, 3.63) is 11.7 Å². The number of likely N-dealkylation sites (tertiary alicyclic amines) is 1. The van der Waals surface area contributed by atoms with Crippen LogP contribution in [0.2, 0.25) is 0 Å². The average Bonchev–Trinajstić information content (AvgIpc) is 3.04. The first-order valence-corrected chi connectivity index (χ1v) is 8.92. The molecule has 0 spiro atoms. The predicted octanol–water partition coefficient (Wildman–Crippen LogP) is 3.66. The molecule has 0 radical (unpaired) electrons. The second-order valence-corrected chi connectivity index (χ2v) is 6.68. The number of amides is 1. The number of hydrogen-bond donors (Lipinski definition) is 0. The van der Waals surface area contributed by atoms with E-state index in [0.717, 1.165) is 57.3 Å². The summed E-state index contributed by atoms with van der Waals surface area (Å²) in [5.74, 6) is 1.95. The standard InChI is InChI=1S/C17H27N3O2/c1-2-8-15-18-16(22-19-15)14-11-6-7-12-20(14)17(21)13-9-4-3-5-10-13/h13-14H,2-12H2,1H3. The summed E-state index contributed by atoms with van der Waals surface area (Å²) in [6.45, 7) is 2.95. The van der Waals surface area contributed by atoms with Crippen molar-refractivity contribution in [2.45, 2.75) is 77.2 Å². The number of hydrogen-bond acceptors (Lipinski definition) is 4. The van der Waals surface area contributed by atoms with Gasteiger partial charge in [-0.2, -0.15) is 4.98 Å². The summed E-state index contributed by atoms with van der Waals surface area (Å²) in [6.07, 6.45) is 10.8. The van der Waals surface area contributed by atoms with Gasteiger partial charge in [-0.15, -0.1) is 0 Å². The van der Waals surface area contributed by atoms with Gasteiger partial charge in [-0.3, -0.25) is 4.79 Å². The van der Waals surface area contributed by atoms with Gasteiger partial charge in [0, 0.05) is 18.9 Å². The van der Waals surface area contributed by atoms with Crippen LogP contribution in [0.5, 0.6) is 0 Å². The second kappa shape index (κ2) is 7.25. The molecule has 3 rings (SSSR count). The van der Waals surface area contributed by atoms with Crippen molar-refractivity contribution in [2.24, 2.45) is 5.92 Å². The quantitative estimate of drug-likeness (QED) is 0.852. The van der Waals surface area contributed by atoms with E-state index in [1.54, 1.807) is 0 Å². The zero-order chi connectivity index (χ0) is 15.4. The van der Waals surface area contributed by atoms with Gasteiger partial charge in [0.05, 0.1) is 0 Å². The van der Waals surface area contributed by atoms with Crippen LogP contribution in [-0.2, 0) is 11.2 Å². The summed E-state index contributed by atoms with van der Waals surface area (Å²) in [7, 11) is 0. The minimum Gasteiger partial charge on any atom is -0.337 e. The Hall–Kier alpha value is -1.39. The normalized spacial score (nSPS) is 23.7. The monoisotopic (exact) mass is 305 g/mol. The maximum atomic E-state index is 12.9. The van der Waals surface area contributed by atoms with E-state index in [1.807, 2.05) is 4.90 Å². The van der Waals surface area contributed by atoms with E-state index in [4.69, 9.17) is 4.52 Å². The molecule has 1 unspecified atom stereocenters. The molecule has 2 aliphatic rings. The van der Waals surface area contributed by atoms with Gasteiger partial charge in [0.15, 0.2) is 5.82 Å². The number of carbonyl (C=O) groups excluding carboxylic acids is 1. The van der Waals surface area contributed by atoms with Crippen LogP contribution in [-0.4, -0.2) is 27.5 Å². The number of carbonyl (C=O) groups is 1. The van der Waals surface area contributed by atoms with Crippen LogP contribution >= 0.6 is 0 Å². The lowest BCUT2D eigenvalue weighted by atomic mass is 9.87. The molecule has 1 atom stereocenters. The predicted molar refractivity (Wildman–Crippen MR) is 83.2 cm³/mol. The summed E-state index contributed by atoms with van der Waals surface area (Å²) >= 11 is 0. The Morgan fingerprint density at radius 2 is 1.95 bits per heavy atom. The molecule has 1 aliphatic carbocycles. The van der Waals surface area contributed by atoms with Crippen molar-refractivity contribution in [1.29, 1.82) is 0 Å². The third-order valence-electron chi connectivity index (χ3n) is 4.98. The van der Waals surface area contributed by atoms with Crippen molar-refractivity contribution in [2.75, 3.05) is 6.54 Å². The van der Waals surface area contributed by atoms with E-state index in [0.29, 0.717) is 11.8 Å². The molecule has 1 saturated heterocycles. The van der Waals surface area contributed by atoms with Crippen LogP contribution in [0.15, 0.2) is 4.52 Å². The fraction of sp³-hybridized carbons (Fsp3) is 0.824. The number of nitrogens with zero attached hydrogens (tertiary/aromatic N) is 3. The maximum absolute atomic E-state index is 12.9. The van der Waals surface area contributed by atoms with Crippen molar-refractivity contribution < 1.29 is 9.32 Å². The fourth-order valence-corrected chi connectivity index (χ4v) is 3.76.